The summed E-state index contributed by atoms with van der Waals surface area (Å²) in [5, 5.41) is 0. The van der Waals surface area contributed by atoms with Gasteiger partial charge in [0, 0.05) is 52.4 Å². The van der Waals surface area contributed by atoms with Crippen molar-refractivity contribution in [1.82, 2.24) is 19.6 Å². The Morgan fingerprint density at radius 1 is 0.429 bits per heavy atom. The lowest BCUT2D eigenvalue weighted by molar-refractivity contribution is -0.148. The second-order valence-electron chi connectivity index (χ2n) is 12.2. The molecule has 262 valence electrons. The van der Waals surface area contributed by atoms with Crippen molar-refractivity contribution in [2.24, 2.45) is 0 Å². The number of ketones is 1. The fourth-order valence-electron chi connectivity index (χ4n) is 5.42. The average molecular weight is 673 g/mol. The predicted molar refractivity (Wildman–Crippen MR) is 185 cm³/mol. The van der Waals surface area contributed by atoms with Gasteiger partial charge in [0.15, 0.2) is 0 Å². The first-order chi connectivity index (χ1) is 23.8. The summed E-state index contributed by atoms with van der Waals surface area (Å²) in [5.41, 5.74) is 2.72. The van der Waals surface area contributed by atoms with E-state index in [2.05, 4.69) is 0 Å². The van der Waals surface area contributed by atoms with Crippen molar-refractivity contribution >= 4 is 23.7 Å². The molecule has 11 nitrogen and oxygen atoms in total. The van der Waals surface area contributed by atoms with Crippen LogP contribution in [0.25, 0.3) is 0 Å². The topological polar surface area (TPSA) is 109 Å². The number of carbonyl (C=O) groups is 4. The molecule has 0 N–H and O–H groups in total. The molecule has 0 atom stereocenters. The SMILES string of the molecule is CC(=O)CN1CCN(CC(=O)OCc2ccccc2)CCN(CC(=O)OCc2ccccc2)CCN(CC(=O)OCc2ccccc2)CC1. The molecule has 0 saturated carbocycles. The van der Waals surface area contributed by atoms with Gasteiger partial charge in [-0.2, -0.15) is 0 Å². The van der Waals surface area contributed by atoms with E-state index in [9.17, 15) is 19.2 Å². The Kier molecular flexibility index (Phi) is 15.9. The van der Waals surface area contributed by atoms with Gasteiger partial charge in [0.25, 0.3) is 0 Å². The standard InChI is InChI=1S/C38H48N4O7/c1-32(43)25-39-17-19-40(26-36(44)47-29-33-11-5-2-6-12-33)21-23-42(28-38(46)49-31-35-15-9-4-10-16-35)24-22-41(20-18-39)27-37(45)48-30-34-13-7-3-8-14-34/h2-16H,17-31H2,1H3. The van der Waals surface area contributed by atoms with Crippen LogP contribution in [0.5, 0.6) is 0 Å². The van der Waals surface area contributed by atoms with E-state index in [4.69, 9.17) is 14.2 Å². The summed E-state index contributed by atoms with van der Waals surface area (Å²) in [6, 6.07) is 28.6. The third-order valence-electron chi connectivity index (χ3n) is 8.16. The van der Waals surface area contributed by atoms with E-state index in [1.54, 1.807) is 6.92 Å². The fraction of sp³-hybridized carbons (Fsp3) is 0.421. The highest BCUT2D eigenvalue weighted by molar-refractivity contribution is 5.77. The molecule has 1 saturated heterocycles. The molecule has 3 aromatic carbocycles. The number of hydrogen-bond acceptors (Lipinski definition) is 11. The van der Waals surface area contributed by atoms with Gasteiger partial charge in [-0.05, 0) is 23.6 Å². The summed E-state index contributed by atoms with van der Waals surface area (Å²) >= 11 is 0. The molecule has 0 aliphatic carbocycles. The zero-order valence-corrected chi connectivity index (χ0v) is 28.4. The van der Waals surface area contributed by atoms with Crippen molar-refractivity contribution < 1.29 is 33.4 Å². The van der Waals surface area contributed by atoms with E-state index >= 15 is 0 Å². The van der Waals surface area contributed by atoms with Gasteiger partial charge >= 0.3 is 17.9 Å². The maximum Gasteiger partial charge on any atom is 0.320 e. The molecule has 1 heterocycles. The summed E-state index contributed by atoms with van der Waals surface area (Å²) in [4.78, 5) is 59.0. The van der Waals surface area contributed by atoms with Crippen LogP contribution in [0.3, 0.4) is 0 Å². The van der Waals surface area contributed by atoms with Crippen molar-refractivity contribution in [3.63, 3.8) is 0 Å². The Labute approximate surface area is 289 Å². The minimum atomic E-state index is -0.355. The molecule has 1 aliphatic heterocycles. The normalized spacial score (nSPS) is 15.8. The van der Waals surface area contributed by atoms with Crippen molar-refractivity contribution in [3.8, 4) is 0 Å². The van der Waals surface area contributed by atoms with Gasteiger partial charge in [0.1, 0.15) is 25.6 Å². The zero-order valence-electron chi connectivity index (χ0n) is 28.4. The highest BCUT2D eigenvalue weighted by Crippen LogP contribution is 2.07. The molecular formula is C38H48N4O7. The highest BCUT2D eigenvalue weighted by Gasteiger charge is 2.22. The molecular weight excluding hydrogens is 624 g/mol. The molecule has 0 radical (unpaired) electrons. The molecule has 3 aromatic rings. The van der Waals surface area contributed by atoms with E-state index in [0.717, 1.165) is 16.7 Å². The van der Waals surface area contributed by atoms with Crippen LogP contribution in [-0.4, -0.2) is 122 Å². The minimum Gasteiger partial charge on any atom is -0.460 e. The predicted octanol–water partition coefficient (Wildman–Crippen LogP) is 3.03. The zero-order chi connectivity index (χ0) is 34.7. The van der Waals surface area contributed by atoms with Crippen LogP contribution in [0, 0.1) is 0 Å². The number of benzene rings is 3. The van der Waals surface area contributed by atoms with E-state index in [0.29, 0.717) is 52.4 Å². The highest BCUT2D eigenvalue weighted by atomic mass is 16.5. The quantitative estimate of drug-likeness (QED) is 0.186. The largest absolute Gasteiger partial charge is 0.460 e. The van der Waals surface area contributed by atoms with Crippen LogP contribution in [0.4, 0.5) is 0 Å². The molecule has 0 spiro atoms. The van der Waals surface area contributed by atoms with Gasteiger partial charge in [-0.25, -0.2) is 0 Å². The van der Waals surface area contributed by atoms with Crippen molar-refractivity contribution in [2.75, 3.05) is 78.5 Å². The molecule has 1 fully saturated rings. The van der Waals surface area contributed by atoms with Gasteiger partial charge in [0.05, 0.1) is 26.2 Å². The number of rotatable bonds is 14. The number of esters is 3. The van der Waals surface area contributed by atoms with Gasteiger partial charge in [-0.1, -0.05) is 91.0 Å². The summed E-state index contributed by atoms with van der Waals surface area (Å²) in [6.45, 7) is 6.61. The summed E-state index contributed by atoms with van der Waals surface area (Å²) in [5.74, 6) is -1.01. The number of Topliss-reactive ketones (excluding diaryl/α,β-unsaturated/α-hetero) is 1. The lowest BCUT2D eigenvalue weighted by atomic mass is 10.2. The summed E-state index contributed by atoms with van der Waals surface area (Å²) in [6.07, 6.45) is 0. The first kappa shape index (κ1) is 37.4. The minimum absolute atomic E-state index is 0.0370. The van der Waals surface area contributed by atoms with Crippen LogP contribution in [0.1, 0.15) is 23.6 Å². The van der Waals surface area contributed by atoms with Gasteiger partial charge < -0.3 is 14.2 Å². The Morgan fingerprint density at radius 2 is 0.673 bits per heavy atom. The monoisotopic (exact) mass is 672 g/mol. The molecule has 4 rings (SSSR count). The molecule has 0 unspecified atom stereocenters. The van der Waals surface area contributed by atoms with Crippen molar-refractivity contribution in [3.05, 3.63) is 108 Å². The Morgan fingerprint density at radius 3 is 0.918 bits per heavy atom. The number of carbonyl (C=O) groups excluding carboxylic acids is 4. The average Bonchev–Trinajstić information content (AvgIpc) is 3.11. The maximum atomic E-state index is 13.0. The van der Waals surface area contributed by atoms with E-state index in [-0.39, 0.29) is 69.7 Å². The van der Waals surface area contributed by atoms with Crippen LogP contribution in [0.15, 0.2) is 91.0 Å². The molecule has 0 bridgehead atoms. The molecule has 49 heavy (non-hydrogen) atoms. The number of hydrogen-bond donors (Lipinski definition) is 0. The van der Waals surface area contributed by atoms with Gasteiger partial charge in [-0.3, -0.25) is 38.8 Å². The van der Waals surface area contributed by atoms with Crippen LogP contribution >= 0.6 is 0 Å². The van der Waals surface area contributed by atoms with E-state index in [1.807, 2.05) is 111 Å². The third kappa shape index (κ3) is 15.1. The molecule has 0 amide bonds. The Hall–Kier alpha value is -4.42. The Balaban J connectivity index is 1.42. The van der Waals surface area contributed by atoms with E-state index < -0.39 is 0 Å². The third-order valence-corrected chi connectivity index (χ3v) is 8.16. The molecule has 0 aromatic heterocycles. The summed E-state index contributed by atoms with van der Waals surface area (Å²) in [7, 11) is 0. The van der Waals surface area contributed by atoms with Crippen LogP contribution in [-0.2, 0) is 53.2 Å². The fourth-order valence-corrected chi connectivity index (χ4v) is 5.42. The van der Waals surface area contributed by atoms with Gasteiger partial charge in [0.2, 0.25) is 0 Å². The Bertz CT molecular complexity index is 1370. The lowest BCUT2D eigenvalue weighted by Crippen LogP contribution is -2.49. The van der Waals surface area contributed by atoms with E-state index in [1.165, 1.54) is 0 Å². The number of nitrogens with zero attached hydrogens (tertiary/aromatic N) is 4. The second kappa shape index (κ2) is 20.8. The first-order valence-electron chi connectivity index (χ1n) is 16.8. The summed E-state index contributed by atoms with van der Waals surface area (Å²) < 4.78 is 16.7. The number of ether oxygens (including phenoxy) is 3. The maximum absolute atomic E-state index is 13.0. The van der Waals surface area contributed by atoms with Crippen molar-refractivity contribution in [2.45, 2.75) is 26.7 Å². The molecule has 11 heteroatoms. The first-order valence-corrected chi connectivity index (χ1v) is 16.8. The van der Waals surface area contributed by atoms with Crippen LogP contribution in [0.2, 0.25) is 0 Å². The molecule has 1 aliphatic rings. The lowest BCUT2D eigenvalue weighted by Gasteiger charge is -2.33. The smallest absolute Gasteiger partial charge is 0.320 e. The van der Waals surface area contributed by atoms with Crippen LogP contribution < -0.4 is 0 Å². The van der Waals surface area contributed by atoms with Crippen molar-refractivity contribution in [1.29, 1.82) is 0 Å². The van der Waals surface area contributed by atoms with Gasteiger partial charge in [-0.15, -0.1) is 0 Å². The second-order valence-corrected chi connectivity index (χ2v) is 12.2.